The number of aliphatic hydroxyl groups excluding tert-OH is 2. The third-order valence-corrected chi connectivity index (χ3v) is 3.91. The van der Waals surface area contributed by atoms with Crippen LogP contribution >= 0.6 is 11.6 Å². The molecule has 0 radical (unpaired) electrons. The Balaban J connectivity index is 2.64. The molecule has 1 aromatic rings. The van der Waals surface area contributed by atoms with Crippen molar-refractivity contribution in [2.45, 2.75) is 30.9 Å². The molecule has 5 N–H and O–H groups in total. The summed E-state index contributed by atoms with van der Waals surface area (Å²) in [4.78, 5) is 24.9. The minimum atomic E-state index is -1.69. The number of hydrogen-bond donors (Lipinski definition) is 4. The lowest BCUT2D eigenvalue weighted by Crippen LogP contribution is -2.54. The molecule has 10 heteroatoms. The van der Waals surface area contributed by atoms with Gasteiger partial charge in [-0.1, -0.05) is 5.92 Å². The van der Waals surface area contributed by atoms with Crippen molar-refractivity contribution in [3.05, 3.63) is 32.9 Å². The van der Waals surface area contributed by atoms with Crippen molar-refractivity contribution in [1.82, 2.24) is 9.55 Å². The smallest absolute Gasteiger partial charge is 0.330 e. The Morgan fingerprint density at radius 1 is 1.65 bits per heavy atom. The van der Waals surface area contributed by atoms with E-state index < -0.39 is 53.6 Å². The monoisotopic (exact) mass is 347 g/mol. The van der Waals surface area contributed by atoms with Crippen LogP contribution in [-0.4, -0.2) is 44.1 Å². The first-order valence-electron chi connectivity index (χ1n) is 6.63. The van der Waals surface area contributed by atoms with Gasteiger partial charge < -0.3 is 20.7 Å². The third kappa shape index (κ3) is 2.91. The predicted octanol–water partition coefficient (Wildman–Crippen LogP) is -1.54. The van der Waals surface area contributed by atoms with Crippen molar-refractivity contribution in [3.63, 3.8) is 0 Å². The SMILES string of the molecule is C[C@H](O)[C@H]1O[C@@H](n2cc(F)c(=O)[nH]c2=O)C(N)(C#CCl)C1CO. The highest BCUT2D eigenvalue weighted by molar-refractivity contribution is 6.30. The van der Waals surface area contributed by atoms with Crippen LogP contribution in [0.1, 0.15) is 13.2 Å². The maximum Gasteiger partial charge on any atom is 0.330 e. The van der Waals surface area contributed by atoms with Gasteiger partial charge in [-0.3, -0.25) is 14.3 Å². The van der Waals surface area contributed by atoms with Gasteiger partial charge in [-0.2, -0.15) is 4.39 Å². The summed E-state index contributed by atoms with van der Waals surface area (Å²) in [5, 5.41) is 21.4. The number of nitrogens with two attached hydrogens (primary N) is 1. The van der Waals surface area contributed by atoms with Crippen LogP contribution in [0.15, 0.2) is 15.8 Å². The van der Waals surface area contributed by atoms with E-state index in [0.29, 0.717) is 10.8 Å². The summed E-state index contributed by atoms with van der Waals surface area (Å²) < 4.78 is 19.8. The number of H-pyrrole nitrogens is 1. The molecule has 0 aromatic carbocycles. The van der Waals surface area contributed by atoms with Crippen LogP contribution in [0.2, 0.25) is 0 Å². The molecule has 2 rings (SSSR count). The molecule has 1 saturated heterocycles. The second-order valence-electron chi connectivity index (χ2n) is 5.28. The predicted molar refractivity (Wildman–Crippen MR) is 78.0 cm³/mol. The molecule has 0 aliphatic carbocycles. The molecule has 0 spiro atoms. The lowest BCUT2D eigenvalue weighted by atomic mass is 9.82. The van der Waals surface area contributed by atoms with Crippen LogP contribution in [0, 0.1) is 23.0 Å². The number of nitrogens with zero attached hydrogens (tertiary/aromatic N) is 1. The van der Waals surface area contributed by atoms with Gasteiger partial charge in [0.05, 0.1) is 25.0 Å². The minimum Gasteiger partial charge on any atom is -0.396 e. The van der Waals surface area contributed by atoms with E-state index in [1.165, 1.54) is 6.92 Å². The zero-order valence-electron chi connectivity index (χ0n) is 12.0. The summed E-state index contributed by atoms with van der Waals surface area (Å²) in [7, 11) is 0. The molecule has 0 saturated carbocycles. The van der Waals surface area contributed by atoms with Crippen molar-refractivity contribution in [2.24, 2.45) is 11.7 Å². The Morgan fingerprint density at radius 2 is 2.30 bits per heavy atom. The number of aromatic nitrogens is 2. The van der Waals surface area contributed by atoms with E-state index in [9.17, 15) is 24.2 Å². The van der Waals surface area contributed by atoms with Crippen molar-refractivity contribution < 1.29 is 19.3 Å². The van der Waals surface area contributed by atoms with Gasteiger partial charge in [-0.15, -0.1) is 0 Å². The fourth-order valence-electron chi connectivity index (χ4n) is 2.68. The highest BCUT2D eigenvalue weighted by Crippen LogP contribution is 2.41. The second-order valence-corrected chi connectivity index (χ2v) is 5.47. The summed E-state index contributed by atoms with van der Waals surface area (Å²) >= 11 is 5.41. The molecule has 5 atom stereocenters. The van der Waals surface area contributed by atoms with Gasteiger partial charge in [0.15, 0.2) is 6.23 Å². The van der Waals surface area contributed by atoms with E-state index in [4.69, 9.17) is 22.1 Å². The number of ether oxygens (including phenoxy) is 1. The molecule has 1 aliphatic rings. The zero-order chi connectivity index (χ0) is 17.4. The Morgan fingerprint density at radius 3 is 2.83 bits per heavy atom. The molecule has 8 nitrogen and oxygen atoms in total. The van der Waals surface area contributed by atoms with E-state index in [0.717, 1.165) is 0 Å². The number of hydrogen-bond acceptors (Lipinski definition) is 6. The van der Waals surface area contributed by atoms with E-state index in [1.807, 2.05) is 0 Å². The number of nitrogens with one attached hydrogen (secondary N) is 1. The average molecular weight is 348 g/mol. The van der Waals surface area contributed by atoms with E-state index in [2.05, 4.69) is 11.3 Å². The quantitative estimate of drug-likeness (QED) is 0.490. The molecule has 23 heavy (non-hydrogen) atoms. The van der Waals surface area contributed by atoms with E-state index in [1.54, 1.807) is 4.98 Å². The molecule has 2 heterocycles. The molecule has 1 fully saturated rings. The minimum absolute atomic E-state index is 0.519. The van der Waals surface area contributed by atoms with Crippen LogP contribution in [-0.2, 0) is 4.74 Å². The van der Waals surface area contributed by atoms with Crippen LogP contribution < -0.4 is 17.0 Å². The van der Waals surface area contributed by atoms with Crippen molar-refractivity contribution in [2.75, 3.05) is 6.61 Å². The Bertz CT molecular complexity index is 767. The third-order valence-electron chi connectivity index (χ3n) is 3.82. The molecule has 0 amide bonds. The topological polar surface area (TPSA) is 131 Å². The van der Waals surface area contributed by atoms with Crippen LogP contribution in [0.25, 0.3) is 0 Å². The number of aromatic amines is 1. The highest BCUT2D eigenvalue weighted by Gasteiger charge is 2.56. The lowest BCUT2D eigenvalue weighted by molar-refractivity contribution is -0.0705. The fourth-order valence-corrected chi connectivity index (χ4v) is 2.85. The van der Waals surface area contributed by atoms with Crippen molar-refractivity contribution >= 4 is 11.6 Å². The van der Waals surface area contributed by atoms with Gasteiger partial charge >= 0.3 is 5.69 Å². The van der Waals surface area contributed by atoms with Gasteiger partial charge in [-0.25, -0.2) is 4.79 Å². The van der Waals surface area contributed by atoms with Crippen LogP contribution in [0.3, 0.4) is 0 Å². The zero-order valence-corrected chi connectivity index (χ0v) is 12.7. The van der Waals surface area contributed by atoms with Crippen LogP contribution in [0.4, 0.5) is 4.39 Å². The number of aliphatic hydroxyl groups is 2. The van der Waals surface area contributed by atoms with Crippen LogP contribution in [0.5, 0.6) is 0 Å². The van der Waals surface area contributed by atoms with Gasteiger partial charge in [0.1, 0.15) is 5.54 Å². The summed E-state index contributed by atoms with van der Waals surface area (Å²) in [5.41, 5.74) is 2.30. The van der Waals surface area contributed by atoms with Crippen molar-refractivity contribution in [3.8, 4) is 11.3 Å². The summed E-state index contributed by atoms with van der Waals surface area (Å²) in [6.45, 7) is 0.884. The molecule has 126 valence electrons. The highest BCUT2D eigenvalue weighted by atomic mass is 35.5. The number of halogens is 2. The summed E-state index contributed by atoms with van der Waals surface area (Å²) in [6, 6.07) is 0. The van der Waals surface area contributed by atoms with Crippen molar-refractivity contribution in [1.29, 1.82) is 0 Å². The molecule has 1 aromatic heterocycles. The van der Waals surface area contributed by atoms with Gasteiger partial charge in [0, 0.05) is 11.3 Å². The van der Waals surface area contributed by atoms with E-state index in [-0.39, 0.29) is 0 Å². The molecular formula is C13H15ClFN3O5. The maximum absolute atomic E-state index is 13.5. The van der Waals surface area contributed by atoms with E-state index >= 15 is 0 Å². The van der Waals surface area contributed by atoms with Gasteiger partial charge in [0.2, 0.25) is 5.82 Å². The maximum atomic E-state index is 13.5. The first kappa shape index (κ1) is 17.7. The van der Waals surface area contributed by atoms with Gasteiger partial charge in [0.25, 0.3) is 5.56 Å². The first-order chi connectivity index (χ1) is 10.8. The average Bonchev–Trinajstić information content (AvgIpc) is 2.76. The summed E-state index contributed by atoms with van der Waals surface area (Å²) in [5.74, 6) is 0.311. The molecule has 0 bridgehead atoms. The lowest BCUT2D eigenvalue weighted by Gasteiger charge is -2.29. The standard InChI is InChI=1S/C13H15ClFN3O5/c1-6(20)9-7(5-19)13(16,2-3-14)11(23-9)18-4-8(15)10(21)17-12(18)22/h4,6-7,9,11,19-20H,5,16H2,1H3,(H,17,21,22)/t6-,7?,9+,11+,13?/m0/s1. The molecule has 1 aliphatic heterocycles. The number of rotatable bonds is 3. The second kappa shape index (κ2) is 6.43. The largest absolute Gasteiger partial charge is 0.396 e. The van der Waals surface area contributed by atoms with Gasteiger partial charge in [-0.05, 0) is 18.5 Å². The molecular weight excluding hydrogens is 333 g/mol. The Hall–Kier alpha value is -1.70. The Labute approximate surface area is 134 Å². The summed E-state index contributed by atoms with van der Waals surface area (Å²) in [6.07, 6.45) is -2.78. The fraction of sp³-hybridized carbons (Fsp3) is 0.538. The normalized spacial score (nSPS) is 31.5. The molecule has 2 unspecified atom stereocenters. The Kier molecular flexibility index (Phi) is 4.93. The first-order valence-corrected chi connectivity index (χ1v) is 7.01.